The Balaban J connectivity index is 2.18. The van der Waals surface area contributed by atoms with Gasteiger partial charge in [0.1, 0.15) is 5.82 Å². The molecule has 0 N–H and O–H groups in total. The van der Waals surface area contributed by atoms with Crippen LogP contribution in [0.15, 0.2) is 22.7 Å². The van der Waals surface area contributed by atoms with Crippen LogP contribution < -0.4 is 0 Å². The third-order valence-corrected chi connectivity index (χ3v) is 3.35. The zero-order valence-electron chi connectivity index (χ0n) is 9.08. The number of halogens is 2. The largest absolute Gasteiger partial charge is 0.331 e. The van der Waals surface area contributed by atoms with Crippen LogP contribution in [0.5, 0.6) is 0 Å². The summed E-state index contributed by atoms with van der Waals surface area (Å²) in [6.45, 7) is 0.693. The molecular weight excluding hydrogens is 289 g/mol. The normalized spacial score (nSPS) is 16.1. The summed E-state index contributed by atoms with van der Waals surface area (Å²) >= 11 is 3.03. The fraction of sp³-hybridized carbons (Fsp3) is 0.333. The number of likely N-dealkylation sites (tertiary alicyclic amines) is 1. The summed E-state index contributed by atoms with van der Waals surface area (Å²) in [5, 5.41) is 0. The molecular formula is C12H11BrFNO2. The number of carbonyl (C=O) groups is 2. The van der Waals surface area contributed by atoms with E-state index in [0.29, 0.717) is 23.9 Å². The summed E-state index contributed by atoms with van der Waals surface area (Å²) < 4.78 is 13.6. The van der Waals surface area contributed by atoms with E-state index in [0.717, 1.165) is 0 Å². The van der Waals surface area contributed by atoms with Gasteiger partial charge < -0.3 is 4.90 Å². The molecule has 0 saturated carbocycles. The fourth-order valence-electron chi connectivity index (χ4n) is 1.82. The van der Waals surface area contributed by atoms with Gasteiger partial charge in [-0.2, -0.15) is 0 Å². The van der Waals surface area contributed by atoms with Crippen LogP contribution in [0.3, 0.4) is 0 Å². The SMILES string of the molecule is O=C1CCCN(C(=O)c2ccc(Br)c(F)c2)C1. The number of amides is 1. The lowest BCUT2D eigenvalue weighted by molar-refractivity contribution is -0.121. The number of Topliss-reactive ketones (excluding diaryl/α,β-unsaturated/α-hetero) is 1. The van der Waals surface area contributed by atoms with Crippen LogP contribution in [-0.4, -0.2) is 29.7 Å². The number of hydrogen-bond donors (Lipinski definition) is 0. The molecule has 3 nitrogen and oxygen atoms in total. The van der Waals surface area contributed by atoms with Gasteiger partial charge in [0.25, 0.3) is 5.91 Å². The van der Waals surface area contributed by atoms with Gasteiger partial charge >= 0.3 is 0 Å². The van der Waals surface area contributed by atoms with Crippen molar-refractivity contribution in [2.75, 3.05) is 13.1 Å². The lowest BCUT2D eigenvalue weighted by atomic mass is 10.1. The summed E-state index contributed by atoms with van der Waals surface area (Å²) in [7, 11) is 0. The Morgan fingerprint density at radius 2 is 2.18 bits per heavy atom. The Morgan fingerprint density at radius 3 is 2.82 bits per heavy atom. The average molecular weight is 300 g/mol. The molecule has 1 aromatic carbocycles. The Bertz CT molecular complexity index is 476. The summed E-state index contributed by atoms with van der Waals surface area (Å²) in [6, 6.07) is 4.23. The van der Waals surface area contributed by atoms with Crippen molar-refractivity contribution in [1.29, 1.82) is 0 Å². The standard InChI is InChI=1S/C12H11BrFNO2/c13-10-4-3-8(6-11(10)14)12(17)15-5-1-2-9(16)7-15/h3-4,6H,1-2,5,7H2. The number of piperidine rings is 1. The van der Waals surface area contributed by atoms with Crippen molar-refractivity contribution in [2.24, 2.45) is 0 Å². The molecule has 17 heavy (non-hydrogen) atoms. The van der Waals surface area contributed by atoms with E-state index in [2.05, 4.69) is 15.9 Å². The van der Waals surface area contributed by atoms with Crippen LogP contribution in [0, 0.1) is 5.82 Å². The van der Waals surface area contributed by atoms with E-state index >= 15 is 0 Å². The minimum absolute atomic E-state index is 0.0576. The maximum Gasteiger partial charge on any atom is 0.254 e. The molecule has 2 rings (SSSR count). The Hall–Kier alpha value is -1.23. The zero-order chi connectivity index (χ0) is 12.4. The number of hydrogen-bond acceptors (Lipinski definition) is 2. The Morgan fingerprint density at radius 1 is 1.41 bits per heavy atom. The zero-order valence-corrected chi connectivity index (χ0v) is 10.7. The van der Waals surface area contributed by atoms with E-state index in [9.17, 15) is 14.0 Å². The highest BCUT2D eigenvalue weighted by Gasteiger charge is 2.22. The van der Waals surface area contributed by atoms with Gasteiger partial charge in [-0.05, 0) is 40.5 Å². The maximum atomic E-state index is 13.3. The van der Waals surface area contributed by atoms with E-state index in [1.165, 1.54) is 17.0 Å². The second kappa shape index (κ2) is 4.96. The van der Waals surface area contributed by atoms with Gasteiger partial charge in [0.05, 0.1) is 11.0 Å². The summed E-state index contributed by atoms with van der Waals surface area (Å²) in [5.74, 6) is -0.703. The monoisotopic (exact) mass is 299 g/mol. The Labute approximate surface area is 107 Å². The number of benzene rings is 1. The first-order valence-corrected chi connectivity index (χ1v) is 6.13. The highest BCUT2D eigenvalue weighted by atomic mass is 79.9. The molecule has 1 aliphatic heterocycles. The van der Waals surface area contributed by atoms with Crippen LogP contribution in [-0.2, 0) is 4.79 Å². The number of ketones is 1. The van der Waals surface area contributed by atoms with Gasteiger partial charge in [0.15, 0.2) is 5.78 Å². The topological polar surface area (TPSA) is 37.4 Å². The number of carbonyl (C=O) groups excluding carboxylic acids is 2. The van der Waals surface area contributed by atoms with Gasteiger partial charge in [-0.1, -0.05) is 0 Å². The fourth-order valence-corrected chi connectivity index (χ4v) is 2.07. The first-order chi connectivity index (χ1) is 8.08. The molecule has 1 amide bonds. The van der Waals surface area contributed by atoms with E-state index in [4.69, 9.17) is 0 Å². The van der Waals surface area contributed by atoms with Crippen molar-refractivity contribution >= 4 is 27.6 Å². The van der Waals surface area contributed by atoms with Crippen molar-refractivity contribution in [1.82, 2.24) is 4.90 Å². The molecule has 0 aromatic heterocycles. The minimum atomic E-state index is -0.473. The molecule has 0 unspecified atom stereocenters. The molecule has 90 valence electrons. The molecule has 1 aromatic rings. The van der Waals surface area contributed by atoms with E-state index in [1.807, 2.05) is 0 Å². The van der Waals surface area contributed by atoms with Gasteiger partial charge in [-0.3, -0.25) is 9.59 Å². The summed E-state index contributed by atoms with van der Waals surface area (Å²) in [4.78, 5) is 24.7. The minimum Gasteiger partial charge on any atom is -0.331 e. The van der Waals surface area contributed by atoms with Crippen molar-refractivity contribution in [2.45, 2.75) is 12.8 Å². The smallest absolute Gasteiger partial charge is 0.254 e. The second-order valence-corrected chi connectivity index (χ2v) is 4.85. The Kier molecular flexibility index (Phi) is 3.57. The first-order valence-electron chi connectivity index (χ1n) is 5.34. The van der Waals surface area contributed by atoms with E-state index < -0.39 is 5.82 Å². The van der Waals surface area contributed by atoms with Crippen LogP contribution in [0.25, 0.3) is 0 Å². The summed E-state index contributed by atoms with van der Waals surface area (Å²) in [5.41, 5.74) is 0.278. The predicted molar refractivity (Wildman–Crippen MR) is 64.2 cm³/mol. The lowest BCUT2D eigenvalue weighted by Crippen LogP contribution is -2.40. The van der Waals surface area contributed by atoms with Gasteiger partial charge in [-0.15, -0.1) is 0 Å². The number of nitrogens with zero attached hydrogens (tertiary/aromatic N) is 1. The second-order valence-electron chi connectivity index (χ2n) is 4.00. The molecule has 0 spiro atoms. The number of rotatable bonds is 1. The highest BCUT2D eigenvalue weighted by Crippen LogP contribution is 2.18. The molecule has 0 atom stereocenters. The molecule has 0 aliphatic carbocycles. The average Bonchev–Trinajstić information content (AvgIpc) is 2.32. The van der Waals surface area contributed by atoms with Crippen LogP contribution in [0.2, 0.25) is 0 Å². The molecule has 1 saturated heterocycles. The van der Waals surface area contributed by atoms with Gasteiger partial charge in [-0.25, -0.2) is 4.39 Å². The molecule has 1 heterocycles. The third-order valence-electron chi connectivity index (χ3n) is 2.70. The van der Waals surface area contributed by atoms with Crippen LogP contribution >= 0.6 is 15.9 Å². The third kappa shape index (κ3) is 2.72. The molecule has 5 heteroatoms. The van der Waals surface area contributed by atoms with Gasteiger partial charge in [0.2, 0.25) is 0 Å². The van der Waals surface area contributed by atoms with Crippen molar-refractivity contribution in [3.8, 4) is 0 Å². The van der Waals surface area contributed by atoms with Crippen molar-refractivity contribution in [3.63, 3.8) is 0 Å². The molecule has 1 aliphatic rings. The summed E-state index contributed by atoms with van der Waals surface area (Å²) in [6.07, 6.45) is 1.21. The quantitative estimate of drug-likeness (QED) is 0.798. The van der Waals surface area contributed by atoms with E-state index in [-0.39, 0.29) is 23.8 Å². The van der Waals surface area contributed by atoms with E-state index in [1.54, 1.807) is 6.07 Å². The predicted octanol–water partition coefficient (Wildman–Crippen LogP) is 2.39. The van der Waals surface area contributed by atoms with Gasteiger partial charge in [0, 0.05) is 18.5 Å². The highest BCUT2D eigenvalue weighted by molar-refractivity contribution is 9.10. The van der Waals surface area contributed by atoms with Crippen molar-refractivity contribution < 1.29 is 14.0 Å². The first kappa shape index (κ1) is 12.2. The maximum absolute atomic E-state index is 13.3. The molecule has 0 radical (unpaired) electrons. The molecule has 0 bridgehead atoms. The molecule has 1 fully saturated rings. The van der Waals surface area contributed by atoms with Crippen LogP contribution in [0.1, 0.15) is 23.2 Å². The van der Waals surface area contributed by atoms with Crippen LogP contribution in [0.4, 0.5) is 4.39 Å². The van der Waals surface area contributed by atoms with Crippen molar-refractivity contribution in [3.05, 3.63) is 34.1 Å². The lowest BCUT2D eigenvalue weighted by Gasteiger charge is -2.25.